The lowest BCUT2D eigenvalue weighted by molar-refractivity contribution is -0.384. The monoisotopic (exact) mass is 361 g/mol. The van der Waals surface area contributed by atoms with Crippen molar-refractivity contribution in [2.45, 2.75) is 0 Å². The summed E-state index contributed by atoms with van der Waals surface area (Å²) in [5, 5.41) is 16.5. The van der Waals surface area contributed by atoms with Crippen LogP contribution in [0.15, 0.2) is 30.3 Å². The molecule has 0 spiro atoms. The fraction of sp³-hybridized carbons (Fsp3) is 0.235. The van der Waals surface area contributed by atoms with Crippen molar-refractivity contribution < 1.29 is 23.9 Å². The number of hydrogen-bond donors (Lipinski definition) is 2. The molecule has 26 heavy (non-hydrogen) atoms. The van der Waals surface area contributed by atoms with Crippen LogP contribution in [0.4, 0.5) is 17.1 Å². The normalized spacial score (nSPS) is 10.0. The van der Waals surface area contributed by atoms with E-state index < -0.39 is 10.8 Å². The Morgan fingerprint density at radius 2 is 1.65 bits per heavy atom. The number of hydrogen-bond acceptors (Lipinski definition) is 7. The summed E-state index contributed by atoms with van der Waals surface area (Å²) in [7, 11) is 6.02. The maximum Gasteiger partial charge on any atom is 0.270 e. The van der Waals surface area contributed by atoms with E-state index in [1.54, 1.807) is 19.2 Å². The quantitative estimate of drug-likeness (QED) is 0.576. The molecule has 0 bridgehead atoms. The van der Waals surface area contributed by atoms with E-state index in [1.165, 1.54) is 39.5 Å². The van der Waals surface area contributed by atoms with E-state index in [2.05, 4.69) is 10.6 Å². The number of ether oxygens (including phenoxy) is 3. The fourth-order valence-corrected chi connectivity index (χ4v) is 2.40. The first-order valence-electron chi connectivity index (χ1n) is 7.52. The van der Waals surface area contributed by atoms with Gasteiger partial charge in [0.2, 0.25) is 5.75 Å². The predicted octanol–water partition coefficient (Wildman–Crippen LogP) is 2.91. The molecule has 0 aliphatic rings. The summed E-state index contributed by atoms with van der Waals surface area (Å²) >= 11 is 0. The molecule has 0 aliphatic carbocycles. The Balaban J connectivity index is 2.41. The molecule has 138 valence electrons. The molecule has 9 nitrogen and oxygen atoms in total. The highest BCUT2D eigenvalue weighted by Crippen LogP contribution is 2.40. The molecular weight excluding hydrogens is 342 g/mol. The summed E-state index contributed by atoms with van der Waals surface area (Å²) in [5.41, 5.74) is 0.799. The Labute approximate surface area is 150 Å². The molecule has 0 saturated heterocycles. The molecule has 1 amide bonds. The van der Waals surface area contributed by atoms with Crippen LogP contribution in [0.3, 0.4) is 0 Å². The van der Waals surface area contributed by atoms with E-state index >= 15 is 0 Å². The smallest absolute Gasteiger partial charge is 0.270 e. The molecule has 2 aromatic rings. The highest BCUT2D eigenvalue weighted by Gasteiger charge is 2.19. The molecule has 0 fully saturated rings. The minimum atomic E-state index is -0.560. The number of benzene rings is 2. The number of nitrogens with zero attached hydrogens (tertiary/aromatic N) is 1. The van der Waals surface area contributed by atoms with Crippen LogP contribution in [0.1, 0.15) is 10.4 Å². The second-order valence-electron chi connectivity index (χ2n) is 5.11. The first-order valence-corrected chi connectivity index (χ1v) is 7.52. The maximum atomic E-state index is 12.6. The average molecular weight is 361 g/mol. The Morgan fingerprint density at radius 3 is 2.12 bits per heavy atom. The zero-order valence-electron chi connectivity index (χ0n) is 14.8. The van der Waals surface area contributed by atoms with Gasteiger partial charge in [-0.05, 0) is 6.07 Å². The molecule has 9 heteroatoms. The zero-order valence-corrected chi connectivity index (χ0v) is 14.8. The van der Waals surface area contributed by atoms with Gasteiger partial charge in [0.15, 0.2) is 11.5 Å². The largest absolute Gasteiger partial charge is 0.493 e. The van der Waals surface area contributed by atoms with Gasteiger partial charge in [-0.3, -0.25) is 14.9 Å². The van der Waals surface area contributed by atoms with E-state index in [9.17, 15) is 14.9 Å². The lowest BCUT2D eigenvalue weighted by Gasteiger charge is -2.15. The van der Waals surface area contributed by atoms with Gasteiger partial charge >= 0.3 is 0 Å². The van der Waals surface area contributed by atoms with E-state index in [4.69, 9.17) is 14.2 Å². The van der Waals surface area contributed by atoms with Gasteiger partial charge in [-0.15, -0.1) is 0 Å². The average Bonchev–Trinajstić information content (AvgIpc) is 2.66. The van der Waals surface area contributed by atoms with Crippen molar-refractivity contribution in [3.8, 4) is 17.2 Å². The van der Waals surface area contributed by atoms with Crippen LogP contribution in [0.25, 0.3) is 0 Å². The maximum absolute atomic E-state index is 12.6. The lowest BCUT2D eigenvalue weighted by Crippen LogP contribution is -2.14. The third-order valence-corrected chi connectivity index (χ3v) is 3.65. The van der Waals surface area contributed by atoms with Gasteiger partial charge < -0.3 is 24.8 Å². The summed E-state index contributed by atoms with van der Waals surface area (Å²) in [4.78, 5) is 23.1. The summed E-state index contributed by atoms with van der Waals surface area (Å²) in [6, 6.07) is 7.13. The van der Waals surface area contributed by atoms with E-state index in [1.807, 2.05) is 0 Å². The van der Waals surface area contributed by atoms with E-state index in [0.29, 0.717) is 28.6 Å². The Kier molecular flexibility index (Phi) is 5.84. The molecule has 0 heterocycles. The Morgan fingerprint density at radius 1 is 1.04 bits per heavy atom. The molecule has 0 aromatic heterocycles. The first kappa shape index (κ1) is 18.8. The summed E-state index contributed by atoms with van der Waals surface area (Å²) in [6.07, 6.45) is 0. The summed E-state index contributed by atoms with van der Waals surface area (Å²) < 4.78 is 15.7. The number of anilines is 2. The SMILES string of the molecule is CNc1ccc([N+](=O)[O-])cc1C(=O)Nc1cc(OC)c(OC)c(OC)c1. The molecule has 2 rings (SSSR count). The van der Waals surface area contributed by atoms with Gasteiger partial charge in [-0.1, -0.05) is 0 Å². The molecule has 2 N–H and O–H groups in total. The van der Waals surface area contributed by atoms with Crippen LogP contribution < -0.4 is 24.8 Å². The molecule has 0 aliphatic heterocycles. The number of rotatable bonds is 7. The number of amides is 1. The lowest BCUT2D eigenvalue weighted by atomic mass is 10.1. The highest BCUT2D eigenvalue weighted by atomic mass is 16.6. The first-order chi connectivity index (χ1) is 12.4. The number of carbonyl (C=O) groups is 1. The summed E-state index contributed by atoms with van der Waals surface area (Å²) in [5.74, 6) is 0.608. The predicted molar refractivity (Wildman–Crippen MR) is 96.7 cm³/mol. The van der Waals surface area contributed by atoms with Crippen molar-refractivity contribution in [1.29, 1.82) is 0 Å². The van der Waals surface area contributed by atoms with Crippen molar-refractivity contribution in [2.24, 2.45) is 0 Å². The minimum absolute atomic E-state index is 0.135. The topological polar surface area (TPSA) is 112 Å². The molecule has 2 aromatic carbocycles. The van der Waals surface area contributed by atoms with Crippen LogP contribution in [-0.2, 0) is 0 Å². The van der Waals surface area contributed by atoms with Gasteiger partial charge in [-0.25, -0.2) is 0 Å². The number of nitrogens with one attached hydrogen (secondary N) is 2. The van der Waals surface area contributed by atoms with Gasteiger partial charge in [-0.2, -0.15) is 0 Å². The van der Waals surface area contributed by atoms with Crippen molar-refractivity contribution in [1.82, 2.24) is 0 Å². The van der Waals surface area contributed by atoms with Gasteiger partial charge in [0.1, 0.15) is 0 Å². The fourth-order valence-electron chi connectivity index (χ4n) is 2.40. The van der Waals surface area contributed by atoms with E-state index in [0.717, 1.165) is 0 Å². The van der Waals surface area contributed by atoms with Crippen LogP contribution >= 0.6 is 0 Å². The molecule has 0 unspecified atom stereocenters. The van der Waals surface area contributed by atoms with Crippen LogP contribution in [0, 0.1) is 10.1 Å². The third-order valence-electron chi connectivity index (χ3n) is 3.65. The van der Waals surface area contributed by atoms with Gasteiger partial charge in [0.05, 0.1) is 31.8 Å². The number of methoxy groups -OCH3 is 3. The molecule has 0 saturated carbocycles. The number of carbonyl (C=O) groups excluding carboxylic acids is 1. The second-order valence-corrected chi connectivity index (χ2v) is 5.11. The molecule has 0 radical (unpaired) electrons. The molecular formula is C17H19N3O6. The number of nitro groups is 1. The third kappa shape index (κ3) is 3.77. The van der Waals surface area contributed by atoms with Crippen molar-refractivity contribution >= 4 is 23.0 Å². The second kappa shape index (κ2) is 8.06. The number of nitro benzene ring substituents is 1. The van der Waals surface area contributed by atoms with Crippen LogP contribution in [0.2, 0.25) is 0 Å². The number of non-ortho nitro benzene ring substituents is 1. The van der Waals surface area contributed by atoms with Crippen molar-refractivity contribution in [3.05, 3.63) is 46.0 Å². The Hall–Kier alpha value is -3.49. The van der Waals surface area contributed by atoms with Crippen LogP contribution in [0.5, 0.6) is 17.2 Å². The van der Waals surface area contributed by atoms with Gasteiger partial charge in [0, 0.05) is 42.7 Å². The minimum Gasteiger partial charge on any atom is -0.493 e. The molecule has 0 atom stereocenters. The standard InChI is InChI=1S/C17H19N3O6/c1-18-13-6-5-11(20(22)23)9-12(13)17(21)19-10-7-14(24-2)16(26-4)15(8-10)25-3/h5-9,18H,1-4H3,(H,19,21). The van der Waals surface area contributed by atoms with Crippen molar-refractivity contribution in [2.75, 3.05) is 39.0 Å². The highest BCUT2D eigenvalue weighted by molar-refractivity contribution is 6.08. The zero-order chi connectivity index (χ0) is 19.3. The summed E-state index contributed by atoms with van der Waals surface area (Å²) in [6.45, 7) is 0. The Bertz CT molecular complexity index is 812. The van der Waals surface area contributed by atoms with Crippen molar-refractivity contribution in [3.63, 3.8) is 0 Å². The van der Waals surface area contributed by atoms with Crippen LogP contribution in [-0.4, -0.2) is 39.2 Å². The van der Waals surface area contributed by atoms with Gasteiger partial charge in [0.25, 0.3) is 11.6 Å². The van der Waals surface area contributed by atoms with E-state index in [-0.39, 0.29) is 11.3 Å².